The molecular weight excluding hydrogens is 458 g/mol. The number of hydrazine groups is 1. The molecule has 2 heterocycles. The zero-order valence-electron chi connectivity index (χ0n) is 19.0. The van der Waals surface area contributed by atoms with E-state index in [-0.39, 0.29) is 0 Å². The third kappa shape index (κ3) is 4.08. The Morgan fingerprint density at radius 2 is 1.60 bits per heavy atom. The Kier molecular flexibility index (Phi) is 4.96. The molecule has 1 aliphatic rings. The van der Waals surface area contributed by atoms with Crippen molar-refractivity contribution in [1.82, 2.24) is 14.8 Å². The molecule has 0 spiro atoms. The summed E-state index contributed by atoms with van der Waals surface area (Å²) in [6.45, 7) is 0.607. The highest BCUT2D eigenvalue weighted by atomic mass is 32.2. The molecule has 174 valence electrons. The molecule has 2 N–H and O–H groups in total. The summed E-state index contributed by atoms with van der Waals surface area (Å²) in [5.74, 6) is 0. The van der Waals surface area contributed by atoms with Crippen LogP contribution in [0.5, 0.6) is 0 Å². The molecule has 1 aliphatic heterocycles. The average Bonchev–Trinajstić information content (AvgIpc) is 3.27. The van der Waals surface area contributed by atoms with Crippen LogP contribution in [0.3, 0.4) is 0 Å². The molecule has 0 aliphatic carbocycles. The maximum absolute atomic E-state index is 11.4. The molecule has 0 saturated heterocycles. The van der Waals surface area contributed by atoms with E-state index in [1.807, 2.05) is 40.3 Å². The molecule has 0 unspecified atom stereocenters. The minimum absolute atomic E-state index is 0.524. The second-order valence-corrected chi connectivity index (χ2v) is 10.4. The van der Waals surface area contributed by atoms with Crippen molar-refractivity contribution in [1.29, 1.82) is 0 Å². The fourth-order valence-corrected chi connectivity index (χ4v) is 5.13. The molecule has 8 heteroatoms. The first kappa shape index (κ1) is 21.2. The summed E-state index contributed by atoms with van der Waals surface area (Å²) < 4.78 is 27.4. The van der Waals surface area contributed by atoms with Crippen LogP contribution in [0.15, 0.2) is 91.3 Å². The molecule has 1 aromatic heterocycles. The Labute approximate surface area is 203 Å². The number of hydrogen-bond acceptors (Lipinski definition) is 5. The van der Waals surface area contributed by atoms with Crippen LogP contribution in [0.25, 0.3) is 33.3 Å². The standard InChI is InChI=1S/C27H23N5O2S/c1-35(33,34)30-23-13-11-22(12-14-23)29-31-16-15-21-17-28-32(26(21)18-31)25-8-4-6-20-10-9-19-5-2-3-7-24(19)27(20)25/h2-17,29-30H,18H2,1H3. The van der Waals surface area contributed by atoms with Gasteiger partial charge < -0.3 is 0 Å². The summed E-state index contributed by atoms with van der Waals surface area (Å²) >= 11 is 0. The molecule has 0 saturated carbocycles. The molecule has 0 radical (unpaired) electrons. The minimum Gasteiger partial charge on any atom is -0.299 e. The van der Waals surface area contributed by atoms with E-state index in [1.54, 1.807) is 12.1 Å². The van der Waals surface area contributed by atoms with Gasteiger partial charge in [-0.25, -0.2) is 13.1 Å². The summed E-state index contributed by atoms with van der Waals surface area (Å²) in [5.41, 5.74) is 7.95. The maximum atomic E-state index is 11.4. The largest absolute Gasteiger partial charge is 0.299 e. The lowest BCUT2D eigenvalue weighted by Crippen LogP contribution is -2.27. The first-order valence-electron chi connectivity index (χ1n) is 11.2. The highest BCUT2D eigenvalue weighted by Gasteiger charge is 2.19. The van der Waals surface area contributed by atoms with E-state index < -0.39 is 10.0 Å². The van der Waals surface area contributed by atoms with Crippen molar-refractivity contribution in [3.8, 4) is 5.69 Å². The van der Waals surface area contributed by atoms with Crippen molar-refractivity contribution in [3.05, 3.63) is 103 Å². The molecule has 0 atom stereocenters. The van der Waals surface area contributed by atoms with E-state index in [9.17, 15) is 8.42 Å². The van der Waals surface area contributed by atoms with Gasteiger partial charge in [0, 0.05) is 22.8 Å². The summed E-state index contributed by atoms with van der Waals surface area (Å²) in [5, 5.41) is 11.5. The zero-order chi connectivity index (χ0) is 24.0. The Hall–Kier alpha value is -4.30. The van der Waals surface area contributed by atoms with Gasteiger partial charge >= 0.3 is 0 Å². The van der Waals surface area contributed by atoms with E-state index in [4.69, 9.17) is 5.10 Å². The number of anilines is 2. The van der Waals surface area contributed by atoms with Gasteiger partial charge in [0.2, 0.25) is 10.0 Å². The Balaban J connectivity index is 1.33. The fraction of sp³-hybridized carbons (Fsp3) is 0.0741. The number of aromatic nitrogens is 2. The number of rotatable bonds is 5. The van der Waals surface area contributed by atoms with Crippen molar-refractivity contribution >= 4 is 49.0 Å². The first-order valence-corrected chi connectivity index (χ1v) is 13.1. The van der Waals surface area contributed by atoms with Crippen molar-refractivity contribution in [2.45, 2.75) is 6.54 Å². The second kappa shape index (κ2) is 8.18. The Bertz CT molecular complexity index is 1710. The monoisotopic (exact) mass is 481 g/mol. The third-order valence-corrected chi connectivity index (χ3v) is 6.70. The van der Waals surface area contributed by atoms with Crippen molar-refractivity contribution < 1.29 is 8.42 Å². The number of nitrogens with one attached hydrogen (secondary N) is 2. The molecule has 0 fully saturated rings. The van der Waals surface area contributed by atoms with Crippen LogP contribution in [0.4, 0.5) is 11.4 Å². The van der Waals surface area contributed by atoms with Crippen LogP contribution < -0.4 is 10.1 Å². The molecule has 0 amide bonds. The highest BCUT2D eigenvalue weighted by Crippen LogP contribution is 2.32. The topological polar surface area (TPSA) is 79.3 Å². The zero-order valence-corrected chi connectivity index (χ0v) is 19.8. The van der Waals surface area contributed by atoms with Gasteiger partial charge in [-0.1, -0.05) is 48.5 Å². The second-order valence-electron chi connectivity index (χ2n) is 8.63. The molecular formula is C27H23N5O2S. The maximum Gasteiger partial charge on any atom is 0.229 e. The lowest BCUT2D eigenvalue weighted by Gasteiger charge is -2.26. The van der Waals surface area contributed by atoms with Gasteiger partial charge in [0.25, 0.3) is 0 Å². The van der Waals surface area contributed by atoms with Crippen LogP contribution in [-0.2, 0) is 16.6 Å². The molecule has 7 nitrogen and oxygen atoms in total. The quantitative estimate of drug-likeness (QED) is 0.330. The van der Waals surface area contributed by atoms with Crippen LogP contribution in [-0.4, -0.2) is 29.5 Å². The van der Waals surface area contributed by atoms with Crippen LogP contribution in [0.2, 0.25) is 0 Å². The van der Waals surface area contributed by atoms with Crippen LogP contribution >= 0.6 is 0 Å². The van der Waals surface area contributed by atoms with Crippen molar-refractivity contribution in [2.75, 3.05) is 16.4 Å². The van der Waals surface area contributed by atoms with Gasteiger partial charge in [-0.05, 0) is 52.6 Å². The first-order chi connectivity index (χ1) is 16.9. The van der Waals surface area contributed by atoms with E-state index in [1.165, 1.54) is 21.5 Å². The van der Waals surface area contributed by atoms with Crippen molar-refractivity contribution in [3.63, 3.8) is 0 Å². The molecule has 4 aromatic carbocycles. The highest BCUT2D eigenvalue weighted by molar-refractivity contribution is 7.92. The number of sulfonamides is 1. The lowest BCUT2D eigenvalue weighted by molar-refractivity contribution is 0.427. The van der Waals surface area contributed by atoms with Gasteiger partial charge in [-0.2, -0.15) is 5.10 Å². The predicted octanol–water partition coefficient (Wildman–Crippen LogP) is 5.36. The smallest absolute Gasteiger partial charge is 0.229 e. The van der Waals surface area contributed by atoms with E-state index in [2.05, 4.69) is 64.7 Å². The predicted molar refractivity (Wildman–Crippen MR) is 142 cm³/mol. The Morgan fingerprint density at radius 3 is 2.43 bits per heavy atom. The SMILES string of the molecule is CS(=O)(=O)Nc1ccc(NN2C=Cc3cnn(-c4cccc5ccc6ccccc6c45)c3C2)cc1. The Morgan fingerprint density at radius 1 is 0.857 bits per heavy atom. The van der Waals surface area contributed by atoms with Crippen LogP contribution in [0, 0.1) is 0 Å². The fourth-order valence-electron chi connectivity index (χ4n) is 4.56. The summed E-state index contributed by atoms with van der Waals surface area (Å²) in [7, 11) is -3.31. The van der Waals surface area contributed by atoms with Gasteiger partial charge in [-0.15, -0.1) is 0 Å². The normalized spacial score (nSPS) is 13.2. The minimum atomic E-state index is -3.31. The lowest BCUT2D eigenvalue weighted by atomic mass is 10.0. The van der Waals surface area contributed by atoms with Gasteiger partial charge in [0.15, 0.2) is 0 Å². The van der Waals surface area contributed by atoms with E-state index in [0.29, 0.717) is 12.2 Å². The average molecular weight is 482 g/mol. The molecule has 6 rings (SSSR count). The van der Waals surface area contributed by atoms with E-state index >= 15 is 0 Å². The summed E-state index contributed by atoms with van der Waals surface area (Å²) in [4.78, 5) is 0. The molecule has 5 aromatic rings. The number of nitrogens with zero attached hydrogens (tertiary/aromatic N) is 3. The molecule has 35 heavy (non-hydrogen) atoms. The third-order valence-electron chi connectivity index (χ3n) is 6.09. The number of benzene rings is 4. The van der Waals surface area contributed by atoms with E-state index in [0.717, 1.165) is 28.9 Å². The number of fused-ring (bicyclic) bond motifs is 4. The molecule has 0 bridgehead atoms. The van der Waals surface area contributed by atoms with Gasteiger partial charge in [0.1, 0.15) is 0 Å². The summed E-state index contributed by atoms with van der Waals surface area (Å²) in [6.07, 6.45) is 7.06. The van der Waals surface area contributed by atoms with Gasteiger partial charge in [-0.3, -0.25) is 15.2 Å². The van der Waals surface area contributed by atoms with Crippen molar-refractivity contribution in [2.24, 2.45) is 0 Å². The number of hydrogen-bond donors (Lipinski definition) is 2. The van der Waals surface area contributed by atoms with Crippen LogP contribution in [0.1, 0.15) is 11.3 Å². The van der Waals surface area contributed by atoms with Gasteiger partial charge in [0.05, 0.1) is 36.1 Å². The summed E-state index contributed by atoms with van der Waals surface area (Å²) in [6, 6.07) is 26.2.